The first-order valence-corrected chi connectivity index (χ1v) is 9.99. The molecular weight excluding hydrogens is 378 g/mol. The van der Waals surface area contributed by atoms with Gasteiger partial charge in [-0.1, -0.05) is 17.3 Å². The summed E-state index contributed by atoms with van der Waals surface area (Å²) in [6.07, 6.45) is 8.51. The molecule has 6 rings (SSSR count). The second-order valence-corrected chi connectivity index (χ2v) is 7.54. The van der Waals surface area contributed by atoms with Crippen molar-refractivity contribution < 1.29 is 0 Å². The average molecular weight is 397 g/mol. The fraction of sp³-hybridized carbons (Fsp3) is 0.238. The lowest BCUT2D eigenvalue weighted by Gasteiger charge is -2.07. The molecule has 9 nitrogen and oxygen atoms in total. The number of pyridine rings is 1. The summed E-state index contributed by atoms with van der Waals surface area (Å²) < 4.78 is 3.80. The minimum atomic E-state index is 0.394. The van der Waals surface area contributed by atoms with Crippen LogP contribution in [0, 0.1) is 0 Å². The summed E-state index contributed by atoms with van der Waals surface area (Å²) >= 11 is 0. The molecule has 9 heteroatoms. The molecule has 0 amide bonds. The normalized spacial score (nSPS) is 16.6. The molecule has 0 radical (unpaired) electrons. The second kappa shape index (κ2) is 6.96. The van der Waals surface area contributed by atoms with Gasteiger partial charge in [-0.3, -0.25) is 9.67 Å². The summed E-state index contributed by atoms with van der Waals surface area (Å²) in [6.45, 7) is 2.54. The molecule has 1 fully saturated rings. The number of hydrogen-bond donors (Lipinski definition) is 1. The molecule has 5 heterocycles. The van der Waals surface area contributed by atoms with E-state index in [0.29, 0.717) is 23.9 Å². The highest BCUT2D eigenvalue weighted by molar-refractivity contribution is 5.79. The third-order valence-corrected chi connectivity index (χ3v) is 5.53. The Hall–Kier alpha value is -3.72. The lowest BCUT2D eigenvalue weighted by atomic mass is 10.1. The van der Waals surface area contributed by atoms with E-state index in [1.165, 1.54) is 0 Å². The molecule has 30 heavy (non-hydrogen) atoms. The van der Waals surface area contributed by atoms with Crippen LogP contribution >= 0.6 is 0 Å². The van der Waals surface area contributed by atoms with Crippen LogP contribution in [0.1, 0.15) is 18.0 Å². The Morgan fingerprint density at radius 1 is 1.13 bits per heavy atom. The summed E-state index contributed by atoms with van der Waals surface area (Å²) in [7, 11) is 0. The van der Waals surface area contributed by atoms with E-state index >= 15 is 0 Å². The molecular formula is C21H19N9. The summed E-state index contributed by atoms with van der Waals surface area (Å²) in [5.41, 5.74) is 4.99. The highest BCUT2D eigenvalue weighted by Crippen LogP contribution is 2.22. The van der Waals surface area contributed by atoms with Gasteiger partial charge in [-0.2, -0.15) is 5.10 Å². The van der Waals surface area contributed by atoms with Crippen LogP contribution in [0.15, 0.2) is 55.1 Å². The van der Waals surface area contributed by atoms with Gasteiger partial charge < -0.3 is 5.32 Å². The van der Waals surface area contributed by atoms with Crippen LogP contribution in [0.25, 0.3) is 33.5 Å². The third kappa shape index (κ3) is 3.00. The number of aromatic nitrogens is 8. The molecule has 0 spiro atoms. The van der Waals surface area contributed by atoms with E-state index in [1.54, 1.807) is 17.1 Å². The minimum Gasteiger partial charge on any atom is -0.315 e. The van der Waals surface area contributed by atoms with Crippen molar-refractivity contribution in [2.45, 2.75) is 19.0 Å². The van der Waals surface area contributed by atoms with Crippen LogP contribution in [-0.2, 0) is 6.54 Å². The molecule has 1 aliphatic rings. The number of hydrogen-bond acceptors (Lipinski definition) is 7. The highest BCUT2D eigenvalue weighted by atomic mass is 15.4. The van der Waals surface area contributed by atoms with Crippen molar-refractivity contribution in [3.05, 3.63) is 60.7 Å². The van der Waals surface area contributed by atoms with Crippen LogP contribution in [0.4, 0.5) is 0 Å². The quantitative estimate of drug-likeness (QED) is 0.496. The molecule has 0 unspecified atom stereocenters. The van der Waals surface area contributed by atoms with Gasteiger partial charge >= 0.3 is 0 Å². The zero-order valence-corrected chi connectivity index (χ0v) is 16.2. The molecule has 4 aromatic heterocycles. The molecule has 148 valence electrons. The molecule has 1 aliphatic heterocycles. The van der Waals surface area contributed by atoms with Gasteiger partial charge in [0.25, 0.3) is 0 Å². The maximum absolute atomic E-state index is 4.80. The number of benzene rings is 1. The second-order valence-electron chi connectivity index (χ2n) is 7.54. The molecule has 0 saturated carbocycles. The summed E-state index contributed by atoms with van der Waals surface area (Å²) in [5.74, 6) is 0. The van der Waals surface area contributed by atoms with Crippen LogP contribution in [0.2, 0.25) is 0 Å². The van der Waals surface area contributed by atoms with Crippen LogP contribution in [-0.4, -0.2) is 52.8 Å². The Bertz CT molecular complexity index is 1350. The lowest BCUT2D eigenvalue weighted by Crippen LogP contribution is -2.13. The van der Waals surface area contributed by atoms with Gasteiger partial charge in [-0.25, -0.2) is 14.6 Å². The largest absolute Gasteiger partial charge is 0.315 e. The molecule has 0 aliphatic carbocycles. The van der Waals surface area contributed by atoms with Crippen molar-refractivity contribution in [2.75, 3.05) is 13.1 Å². The summed E-state index contributed by atoms with van der Waals surface area (Å²) in [5, 5.41) is 17.4. The number of rotatable bonds is 4. The Morgan fingerprint density at radius 2 is 2.13 bits per heavy atom. The van der Waals surface area contributed by atoms with Crippen LogP contribution < -0.4 is 5.32 Å². The topological polar surface area (TPSA) is 99.2 Å². The molecule has 1 atom stereocenters. The summed E-state index contributed by atoms with van der Waals surface area (Å²) in [4.78, 5) is 13.6. The van der Waals surface area contributed by atoms with E-state index in [9.17, 15) is 0 Å². The lowest BCUT2D eigenvalue weighted by molar-refractivity contribution is 0.491. The van der Waals surface area contributed by atoms with Gasteiger partial charge in [-0.15, -0.1) is 5.10 Å². The minimum absolute atomic E-state index is 0.394. The van der Waals surface area contributed by atoms with E-state index in [-0.39, 0.29) is 0 Å². The predicted molar refractivity (Wildman–Crippen MR) is 112 cm³/mol. The average Bonchev–Trinajstić information content (AvgIpc) is 3.54. The Balaban J connectivity index is 1.33. The first kappa shape index (κ1) is 17.2. The number of nitrogens with zero attached hydrogens (tertiary/aromatic N) is 8. The number of nitrogens with one attached hydrogen (secondary N) is 1. The standard InChI is InChI=1S/C21H19N9/c1-2-15-8-14(3-4-18(15)23-6-1)12-30-21-20(27-28-30)24-11-19(26-21)16-9-25-29(13-16)17-5-7-22-10-17/h1-4,6,8-9,11,13,17,22H,5,7,10,12H2/t17-/m0/s1. The van der Waals surface area contributed by atoms with E-state index in [0.717, 1.165) is 47.2 Å². The fourth-order valence-corrected chi connectivity index (χ4v) is 3.93. The fourth-order valence-electron chi connectivity index (χ4n) is 3.93. The molecule has 1 saturated heterocycles. The molecule has 0 bridgehead atoms. The monoisotopic (exact) mass is 397 g/mol. The maximum atomic E-state index is 4.80. The van der Waals surface area contributed by atoms with Crippen molar-refractivity contribution >= 4 is 22.2 Å². The maximum Gasteiger partial charge on any atom is 0.221 e. The van der Waals surface area contributed by atoms with Gasteiger partial charge in [0.15, 0.2) is 5.65 Å². The SMILES string of the molecule is c1cnc2ccc(Cn3nnc4ncc(-c5cnn([C@H]6CCNC6)c5)nc43)cc2c1. The third-order valence-electron chi connectivity index (χ3n) is 5.53. The highest BCUT2D eigenvalue weighted by Gasteiger charge is 2.18. The Labute approximate surface area is 171 Å². The Morgan fingerprint density at radius 3 is 3.07 bits per heavy atom. The van der Waals surface area contributed by atoms with Crippen molar-refractivity contribution in [3.63, 3.8) is 0 Å². The molecule has 1 N–H and O–H groups in total. The van der Waals surface area contributed by atoms with E-state index < -0.39 is 0 Å². The zero-order chi connectivity index (χ0) is 19.9. The van der Waals surface area contributed by atoms with Gasteiger partial charge in [0.1, 0.15) is 0 Å². The van der Waals surface area contributed by atoms with E-state index in [1.807, 2.05) is 29.2 Å². The van der Waals surface area contributed by atoms with Gasteiger partial charge in [0.2, 0.25) is 5.65 Å². The van der Waals surface area contributed by atoms with Gasteiger partial charge in [0, 0.05) is 29.9 Å². The summed E-state index contributed by atoms with van der Waals surface area (Å²) in [6, 6.07) is 10.6. The van der Waals surface area contributed by atoms with E-state index in [2.05, 4.69) is 48.9 Å². The Kier molecular flexibility index (Phi) is 3.98. The van der Waals surface area contributed by atoms with Crippen LogP contribution in [0.5, 0.6) is 0 Å². The van der Waals surface area contributed by atoms with Crippen molar-refractivity contribution in [1.82, 2.24) is 45.0 Å². The smallest absolute Gasteiger partial charge is 0.221 e. The number of fused-ring (bicyclic) bond motifs is 2. The van der Waals surface area contributed by atoms with E-state index in [4.69, 9.17) is 4.98 Å². The van der Waals surface area contributed by atoms with Crippen molar-refractivity contribution in [1.29, 1.82) is 0 Å². The predicted octanol–water partition coefficient (Wildman–Crippen LogP) is 2.22. The molecule has 1 aromatic carbocycles. The molecule has 5 aromatic rings. The van der Waals surface area contributed by atoms with Gasteiger partial charge in [-0.05, 0) is 36.7 Å². The van der Waals surface area contributed by atoms with Crippen LogP contribution in [0.3, 0.4) is 0 Å². The van der Waals surface area contributed by atoms with Crippen molar-refractivity contribution in [3.8, 4) is 11.3 Å². The van der Waals surface area contributed by atoms with Gasteiger partial charge in [0.05, 0.1) is 36.2 Å². The first-order valence-electron chi connectivity index (χ1n) is 9.99. The zero-order valence-electron chi connectivity index (χ0n) is 16.2. The van der Waals surface area contributed by atoms with Crippen molar-refractivity contribution in [2.24, 2.45) is 0 Å². The first-order chi connectivity index (χ1) is 14.8.